The first-order chi connectivity index (χ1) is 23.7. The SMILES string of the molecule is C1=CC2SC3=CC(c4nc(-c5ccc(-c6cccc7c6CCC=C7)cc5)nc(-c5ccc6c(c5)oc5ccccc56)n4)CC=C3C2C=C1. The minimum absolute atomic E-state index is 0.0722. The molecule has 1 fully saturated rings. The Morgan fingerprint density at radius 1 is 0.729 bits per heavy atom. The third-order valence-corrected chi connectivity index (χ3v) is 11.4. The number of thioether (sulfide) groups is 1. The summed E-state index contributed by atoms with van der Waals surface area (Å²) in [6.45, 7) is 0. The minimum atomic E-state index is 0.0722. The minimum Gasteiger partial charge on any atom is -0.456 e. The molecule has 3 atom stereocenters. The maximum atomic E-state index is 6.26. The van der Waals surface area contributed by atoms with Crippen LogP contribution in [0.25, 0.3) is 61.9 Å². The van der Waals surface area contributed by atoms with E-state index in [1.54, 1.807) is 0 Å². The Bertz CT molecular complexity index is 2430. The molecule has 2 aromatic heterocycles. The van der Waals surface area contributed by atoms with Crippen LogP contribution in [0.15, 0.2) is 142 Å². The molecule has 0 bridgehead atoms. The highest BCUT2D eigenvalue weighted by Crippen LogP contribution is 2.51. The first kappa shape index (κ1) is 27.8. The molecule has 6 aromatic rings. The Hall–Kier alpha value is -5.26. The average Bonchev–Trinajstić information content (AvgIpc) is 3.72. The van der Waals surface area contributed by atoms with Gasteiger partial charge in [0.2, 0.25) is 0 Å². The molecule has 1 aliphatic heterocycles. The van der Waals surface area contributed by atoms with E-state index in [0.29, 0.717) is 22.8 Å². The van der Waals surface area contributed by atoms with Crippen LogP contribution in [0.1, 0.15) is 35.7 Å². The van der Waals surface area contributed by atoms with Gasteiger partial charge in [0.1, 0.15) is 17.0 Å². The van der Waals surface area contributed by atoms with Crippen LogP contribution < -0.4 is 0 Å². The van der Waals surface area contributed by atoms with E-state index >= 15 is 0 Å². The van der Waals surface area contributed by atoms with Crippen molar-refractivity contribution in [2.75, 3.05) is 0 Å². The van der Waals surface area contributed by atoms with Crippen molar-refractivity contribution in [1.82, 2.24) is 15.0 Å². The molecule has 0 radical (unpaired) electrons. The Morgan fingerprint density at radius 3 is 2.48 bits per heavy atom. The van der Waals surface area contributed by atoms with Crippen molar-refractivity contribution in [2.45, 2.75) is 30.4 Å². The summed E-state index contributed by atoms with van der Waals surface area (Å²) in [7, 11) is 0. The number of nitrogens with zero attached hydrogens (tertiary/aromatic N) is 3. The van der Waals surface area contributed by atoms with Crippen LogP contribution in [-0.2, 0) is 6.42 Å². The molecule has 4 aromatic carbocycles. The first-order valence-electron chi connectivity index (χ1n) is 16.8. The Balaban J connectivity index is 1.07. The van der Waals surface area contributed by atoms with E-state index in [1.807, 2.05) is 30.0 Å². The molecule has 3 aliphatic carbocycles. The Labute approximate surface area is 283 Å². The van der Waals surface area contributed by atoms with Gasteiger partial charge in [-0.05, 0) is 65.3 Å². The van der Waals surface area contributed by atoms with Crippen LogP contribution in [0.2, 0.25) is 0 Å². The zero-order chi connectivity index (χ0) is 31.6. The second-order valence-corrected chi connectivity index (χ2v) is 14.2. The van der Waals surface area contributed by atoms with E-state index < -0.39 is 0 Å². The maximum absolute atomic E-state index is 6.26. The lowest BCUT2D eigenvalue weighted by molar-refractivity contribution is 0.669. The van der Waals surface area contributed by atoms with Gasteiger partial charge in [-0.25, -0.2) is 15.0 Å². The zero-order valence-electron chi connectivity index (χ0n) is 26.2. The van der Waals surface area contributed by atoms with E-state index in [4.69, 9.17) is 19.4 Å². The molecule has 4 nitrogen and oxygen atoms in total. The van der Waals surface area contributed by atoms with E-state index in [9.17, 15) is 0 Å². The fraction of sp³-hybridized carbons (Fsp3) is 0.140. The summed E-state index contributed by atoms with van der Waals surface area (Å²) >= 11 is 1.96. The maximum Gasteiger partial charge on any atom is 0.163 e. The highest BCUT2D eigenvalue weighted by atomic mass is 32.2. The van der Waals surface area contributed by atoms with Crippen LogP contribution in [0.4, 0.5) is 0 Å². The molecule has 230 valence electrons. The quantitative estimate of drug-likeness (QED) is 0.192. The lowest BCUT2D eigenvalue weighted by Gasteiger charge is -2.20. The molecule has 3 unspecified atom stereocenters. The largest absolute Gasteiger partial charge is 0.456 e. The zero-order valence-corrected chi connectivity index (χ0v) is 27.0. The van der Waals surface area contributed by atoms with Gasteiger partial charge in [-0.2, -0.15) is 0 Å². The first-order valence-corrected chi connectivity index (χ1v) is 17.6. The number of hydrogen-bond acceptors (Lipinski definition) is 5. The molecular formula is C43H31N3OS. The summed E-state index contributed by atoms with van der Waals surface area (Å²) in [4.78, 5) is 16.8. The molecule has 5 heteroatoms. The van der Waals surface area contributed by atoms with Crippen LogP contribution in [0.5, 0.6) is 0 Å². The summed E-state index contributed by atoms with van der Waals surface area (Å²) in [6, 6.07) is 29.8. The molecule has 0 saturated carbocycles. The number of para-hydroxylation sites is 1. The van der Waals surface area contributed by atoms with Gasteiger partial charge in [-0.1, -0.05) is 115 Å². The predicted octanol–water partition coefficient (Wildman–Crippen LogP) is 10.9. The van der Waals surface area contributed by atoms with Gasteiger partial charge in [-0.15, -0.1) is 11.8 Å². The standard InChI is InChI=1S/C43H31N3OS/c1-2-10-31-26(8-1)9-7-13-32(31)27-16-18-28(19-17-27)41-44-42(29-20-22-34-33-11-3-5-14-37(33)47-38(34)24-29)46-43(45-41)30-21-23-36-35-12-4-6-15-39(35)48-40(36)25-30/h1,3-9,11-20,22-25,30,35,39H,2,10,21H2. The number of aromatic nitrogens is 3. The highest BCUT2D eigenvalue weighted by Gasteiger charge is 2.36. The highest BCUT2D eigenvalue weighted by molar-refractivity contribution is 8.04. The summed E-state index contributed by atoms with van der Waals surface area (Å²) in [5.41, 5.74) is 10.3. The van der Waals surface area contributed by atoms with Crippen LogP contribution in [0, 0.1) is 5.92 Å². The Morgan fingerprint density at radius 2 is 1.54 bits per heavy atom. The molecule has 0 spiro atoms. The van der Waals surface area contributed by atoms with Crippen molar-refractivity contribution < 1.29 is 4.42 Å². The number of rotatable bonds is 4. The van der Waals surface area contributed by atoms with Crippen LogP contribution in [-0.4, -0.2) is 20.2 Å². The van der Waals surface area contributed by atoms with E-state index in [0.717, 1.165) is 58.2 Å². The lowest BCUT2D eigenvalue weighted by Crippen LogP contribution is -2.12. The number of allylic oxidation sites excluding steroid dienone is 7. The number of furan rings is 1. The predicted molar refractivity (Wildman–Crippen MR) is 197 cm³/mol. The fourth-order valence-electron chi connectivity index (χ4n) is 7.64. The van der Waals surface area contributed by atoms with Crippen LogP contribution >= 0.6 is 11.8 Å². The summed E-state index contributed by atoms with van der Waals surface area (Å²) in [6.07, 6.45) is 21.3. The van der Waals surface area contributed by atoms with Crippen molar-refractivity contribution in [3.05, 3.63) is 155 Å². The van der Waals surface area contributed by atoms with Crippen molar-refractivity contribution in [2.24, 2.45) is 5.92 Å². The molecule has 3 heterocycles. The van der Waals surface area contributed by atoms with E-state index in [-0.39, 0.29) is 5.92 Å². The molecule has 0 amide bonds. The smallest absolute Gasteiger partial charge is 0.163 e. The fourth-order valence-corrected chi connectivity index (χ4v) is 9.09. The van der Waals surface area contributed by atoms with E-state index in [1.165, 1.54) is 32.7 Å². The number of fused-ring (bicyclic) bond motifs is 7. The van der Waals surface area contributed by atoms with Gasteiger partial charge in [0.15, 0.2) is 11.6 Å². The molecule has 48 heavy (non-hydrogen) atoms. The summed E-state index contributed by atoms with van der Waals surface area (Å²) in [5.74, 6) is 2.69. The average molecular weight is 638 g/mol. The molecule has 4 aliphatic rings. The molecule has 0 N–H and O–H groups in total. The second-order valence-electron chi connectivity index (χ2n) is 13.0. The molecule has 1 saturated heterocycles. The summed E-state index contributed by atoms with van der Waals surface area (Å²) in [5, 5.41) is 2.68. The third-order valence-electron chi connectivity index (χ3n) is 10.1. The Kier molecular flexibility index (Phi) is 6.48. The van der Waals surface area contributed by atoms with Gasteiger partial charge in [0.25, 0.3) is 0 Å². The summed E-state index contributed by atoms with van der Waals surface area (Å²) < 4.78 is 6.26. The molecule has 10 rings (SSSR count). The van der Waals surface area contributed by atoms with Crippen molar-refractivity contribution in [3.8, 4) is 33.9 Å². The number of benzene rings is 4. The monoisotopic (exact) mass is 637 g/mol. The normalized spacial score (nSPS) is 20.8. The van der Waals surface area contributed by atoms with Crippen molar-refractivity contribution in [3.63, 3.8) is 0 Å². The van der Waals surface area contributed by atoms with Gasteiger partial charge >= 0.3 is 0 Å². The van der Waals surface area contributed by atoms with Gasteiger partial charge in [0, 0.05) is 43.9 Å². The van der Waals surface area contributed by atoms with E-state index in [2.05, 4.69) is 115 Å². The van der Waals surface area contributed by atoms with Gasteiger partial charge < -0.3 is 4.42 Å². The second kappa shape index (κ2) is 11.2. The third kappa shape index (κ3) is 4.64. The molecular weight excluding hydrogens is 607 g/mol. The van der Waals surface area contributed by atoms with Crippen molar-refractivity contribution in [1.29, 1.82) is 0 Å². The lowest BCUT2D eigenvalue weighted by atomic mass is 9.86. The van der Waals surface area contributed by atoms with Crippen LogP contribution in [0.3, 0.4) is 0 Å². The van der Waals surface area contributed by atoms with Crippen molar-refractivity contribution >= 4 is 39.8 Å². The van der Waals surface area contributed by atoms with Gasteiger partial charge in [-0.3, -0.25) is 0 Å². The van der Waals surface area contributed by atoms with Gasteiger partial charge in [0.05, 0.1) is 0 Å². The topological polar surface area (TPSA) is 51.8 Å². The number of hydrogen-bond donors (Lipinski definition) is 0.